The Hall–Kier alpha value is -2.08. The molecule has 0 bridgehead atoms. The Morgan fingerprint density at radius 1 is 1.37 bits per heavy atom. The fraction of sp³-hybridized carbons (Fsp3) is 0.308. The van der Waals surface area contributed by atoms with Gasteiger partial charge in [0.25, 0.3) is 5.91 Å². The molecular formula is C13H16NO5. The second-order valence-corrected chi connectivity index (χ2v) is 3.77. The van der Waals surface area contributed by atoms with Crippen molar-refractivity contribution in [3.05, 3.63) is 36.8 Å². The Kier molecular flexibility index (Phi) is 5.81. The molecule has 1 radical (unpaired) electrons. The summed E-state index contributed by atoms with van der Waals surface area (Å²) < 4.78 is 9.86. The smallest absolute Gasteiger partial charge is 0.341 e. The Morgan fingerprint density at radius 3 is 2.53 bits per heavy atom. The van der Waals surface area contributed by atoms with Crippen molar-refractivity contribution in [3.8, 4) is 5.75 Å². The zero-order chi connectivity index (χ0) is 14.3. The number of carbonyl (C=O) groups excluding carboxylic acids is 1. The van der Waals surface area contributed by atoms with E-state index in [1.165, 1.54) is 19.2 Å². The Balaban J connectivity index is 2.50. The van der Waals surface area contributed by atoms with Crippen LogP contribution in [0.5, 0.6) is 5.75 Å². The average Bonchev–Trinajstić information content (AvgIpc) is 2.42. The molecule has 6 heteroatoms. The maximum Gasteiger partial charge on any atom is 0.341 e. The zero-order valence-electron chi connectivity index (χ0n) is 10.6. The number of rotatable bonds is 7. The highest BCUT2D eigenvalue weighted by molar-refractivity contribution is 5.94. The topological polar surface area (TPSA) is 84.9 Å². The first-order valence-electron chi connectivity index (χ1n) is 5.61. The molecule has 1 unspecified atom stereocenters. The summed E-state index contributed by atoms with van der Waals surface area (Å²) in [6.45, 7) is 3.56. The van der Waals surface area contributed by atoms with Crippen molar-refractivity contribution in [2.45, 2.75) is 6.10 Å². The summed E-state index contributed by atoms with van der Waals surface area (Å²) in [6.07, 6.45) is -0.304. The molecule has 0 spiro atoms. The van der Waals surface area contributed by atoms with Gasteiger partial charge in [0.2, 0.25) is 0 Å². The van der Waals surface area contributed by atoms with Gasteiger partial charge in [0.15, 0.2) is 6.61 Å². The fourth-order valence-electron chi connectivity index (χ4n) is 1.24. The molecule has 19 heavy (non-hydrogen) atoms. The van der Waals surface area contributed by atoms with Crippen LogP contribution in [-0.4, -0.2) is 43.3 Å². The monoisotopic (exact) mass is 266 g/mol. The minimum atomic E-state index is -1.05. The number of hydrogen-bond donors (Lipinski definition) is 2. The maximum absolute atomic E-state index is 11.7. The summed E-state index contributed by atoms with van der Waals surface area (Å²) in [4.78, 5) is 22.0. The largest absolute Gasteiger partial charge is 0.482 e. The molecule has 1 amide bonds. The van der Waals surface area contributed by atoms with Gasteiger partial charge in [-0.1, -0.05) is 0 Å². The van der Waals surface area contributed by atoms with Crippen molar-refractivity contribution >= 4 is 11.9 Å². The molecule has 0 saturated heterocycles. The number of nitrogens with one attached hydrogen (secondary N) is 1. The Labute approximate surface area is 111 Å². The number of ether oxygens (including phenoxy) is 2. The van der Waals surface area contributed by atoms with Crippen molar-refractivity contribution in [2.75, 3.05) is 20.3 Å². The predicted octanol–water partition coefficient (Wildman–Crippen LogP) is 0.729. The third-order valence-electron chi connectivity index (χ3n) is 2.30. The molecule has 0 heterocycles. The van der Waals surface area contributed by atoms with Crippen molar-refractivity contribution in [3.63, 3.8) is 0 Å². The van der Waals surface area contributed by atoms with Crippen molar-refractivity contribution < 1.29 is 24.2 Å². The summed E-state index contributed by atoms with van der Waals surface area (Å²) in [5.74, 6) is -0.913. The van der Waals surface area contributed by atoms with Crippen LogP contribution in [0.3, 0.4) is 0 Å². The van der Waals surface area contributed by atoms with Gasteiger partial charge in [-0.2, -0.15) is 0 Å². The number of carboxylic acids is 1. The van der Waals surface area contributed by atoms with Crippen LogP contribution in [0.2, 0.25) is 0 Å². The standard InChI is InChI=1S/C13H16NO5/c1-9(18-2)7-14-13(17)10-3-5-11(6-4-10)19-8-12(15)16/h3-6,9H,1,7-8H2,2H3,(H,14,17)(H,15,16). The number of carboxylic acid groups (broad SMARTS) is 1. The van der Waals surface area contributed by atoms with E-state index in [1.807, 2.05) is 0 Å². The molecule has 0 aliphatic rings. The van der Waals surface area contributed by atoms with E-state index in [2.05, 4.69) is 12.2 Å². The summed E-state index contributed by atoms with van der Waals surface area (Å²) in [6, 6.07) is 6.18. The van der Waals surface area contributed by atoms with Crippen LogP contribution in [0, 0.1) is 6.92 Å². The molecule has 0 fully saturated rings. The van der Waals surface area contributed by atoms with Crippen LogP contribution < -0.4 is 10.1 Å². The molecule has 1 atom stereocenters. The first-order valence-corrected chi connectivity index (χ1v) is 5.61. The normalized spacial score (nSPS) is 11.7. The Bertz CT molecular complexity index is 429. The molecule has 0 aromatic heterocycles. The highest BCUT2D eigenvalue weighted by atomic mass is 16.5. The second kappa shape index (κ2) is 7.38. The van der Waals surface area contributed by atoms with Crippen molar-refractivity contribution in [2.24, 2.45) is 0 Å². The number of methoxy groups -OCH3 is 1. The molecule has 0 aliphatic carbocycles. The van der Waals surface area contributed by atoms with Gasteiger partial charge in [0.1, 0.15) is 5.75 Å². The highest BCUT2D eigenvalue weighted by Gasteiger charge is 2.07. The van der Waals surface area contributed by atoms with E-state index in [9.17, 15) is 9.59 Å². The summed E-state index contributed by atoms with van der Waals surface area (Å²) in [7, 11) is 1.51. The summed E-state index contributed by atoms with van der Waals surface area (Å²) >= 11 is 0. The van der Waals surface area contributed by atoms with E-state index < -0.39 is 12.6 Å². The molecule has 2 N–H and O–H groups in total. The lowest BCUT2D eigenvalue weighted by atomic mass is 10.2. The van der Waals surface area contributed by atoms with Gasteiger partial charge < -0.3 is 19.9 Å². The van der Waals surface area contributed by atoms with Gasteiger partial charge in [0, 0.05) is 19.2 Å². The van der Waals surface area contributed by atoms with E-state index >= 15 is 0 Å². The minimum Gasteiger partial charge on any atom is -0.482 e. The average molecular weight is 266 g/mol. The minimum absolute atomic E-state index is 0.254. The van der Waals surface area contributed by atoms with Gasteiger partial charge in [-0.3, -0.25) is 4.79 Å². The van der Waals surface area contributed by atoms with Crippen LogP contribution in [0.1, 0.15) is 10.4 Å². The quantitative estimate of drug-likeness (QED) is 0.760. The first-order chi connectivity index (χ1) is 9.02. The van der Waals surface area contributed by atoms with E-state index in [4.69, 9.17) is 14.6 Å². The van der Waals surface area contributed by atoms with E-state index in [0.29, 0.717) is 17.9 Å². The van der Waals surface area contributed by atoms with Crippen LogP contribution in [-0.2, 0) is 9.53 Å². The van der Waals surface area contributed by atoms with Crippen molar-refractivity contribution in [1.82, 2.24) is 5.32 Å². The number of aliphatic carboxylic acids is 1. The van der Waals surface area contributed by atoms with E-state index in [1.54, 1.807) is 12.1 Å². The fourth-order valence-corrected chi connectivity index (χ4v) is 1.24. The van der Waals surface area contributed by atoms with Crippen LogP contribution >= 0.6 is 0 Å². The third kappa shape index (κ3) is 5.39. The number of benzene rings is 1. The molecular weight excluding hydrogens is 250 g/mol. The van der Waals surface area contributed by atoms with Gasteiger partial charge in [-0.15, -0.1) is 0 Å². The zero-order valence-corrected chi connectivity index (χ0v) is 10.6. The predicted molar refractivity (Wildman–Crippen MR) is 68.1 cm³/mol. The molecule has 1 rings (SSSR count). The molecule has 6 nitrogen and oxygen atoms in total. The van der Waals surface area contributed by atoms with Gasteiger partial charge in [0.05, 0.1) is 6.10 Å². The van der Waals surface area contributed by atoms with Gasteiger partial charge >= 0.3 is 5.97 Å². The van der Waals surface area contributed by atoms with Crippen LogP contribution in [0.4, 0.5) is 0 Å². The SMILES string of the molecule is [CH2]C(CNC(=O)c1ccc(OCC(=O)O)cc1)OC. The first kappa shape index (κ1) is 15.0. The van der Waals surface area contributed by atoms with Gasteiger partial charge in [-0.05, 0) is 31.2 Å². The number of amides is 1. The van der Waals surface area contributed by atoms with E-state index in [0.717, 1.165) is 0 Å². The van der Waals surface area contributed by atoms with Crippen molar-refractivity contribution in [1.29, 1.82) is 0 Å². The number of hydrogen-bond acceptors (Lipinski definition) is 4. The highest BCUT2D eigenvalue weighted by Crippen LogP contribution is 2.12. The molecule has 1 aromatic carbocycles. The summed E-state index contributed by atoms with van der Waals surface area (Å²) in [5.41, 5.74) is 0.450. The second-order valence-electron chi connectivity index (χ2n) is 3.77. The molecule has 0 aliphatic heterocycles. The lowest BCUT2D eigenvalue weighted by Crippen LogP contribution is -2.31. The van der Waals surface area contributed by atoms with Crippen LogP contribution in [0.15, 0.2) is 24.3 Å². The van der Waals surface area contributed by atoms with Gasteiger partial charge in [-0.25, -0.2) is 4.79 Å². The summed E-state index contributed by atoms with van der Waals surface area (Å²) in [5, 5.41) is 11.1. The number of carbonyl (C=O) groups is 2. The maximum atomic E-state index is 11.7. The lowest BCUT2D eigenvalue weighted by molar-refractivity contribution is -0.139. The van der Waals surface area contributed by atoms with E-state index in [-0.39, 0.29) is 12.0 Å². The molecule has 1 aromatic rings. The lowest BCUT2D eigenvalue weighted by Gasteiger charge is -2.10. The van der Waals surface area contributed by atoms with Crippen LogP contribution in [0.25, 0.3) is 0 Å². The molecule has 0 saturated carbocycles. The third-order valence-corrected chi connectivity index (χ3v) is 2.30. The molecule has 103 valence electrons. The Morgan fingerprint density at radius 2 is 2.00 bits per heavy atom.